The van der Waals surface area contributed by atoms with Crippen LogP contribution in [0.4, 0.5) is 0 Å². The first-order chi connectivity index (χ1) is 8.83. The highest BCUT2D eigenvalue weighted by molar-refractivity contribution is 6.18. The smallest absolute Gasteiger partial charge is 0.137 e. The normalized spacial score (nSPS) is 11.5. The van der Waals surface area contributed by atoms with Gasteiger partial charge in [-0.2, -0.15) is 0 Å². The summed E-state index contributed by atoms with van der Waals surface area (Å²) in [4.78, 5) is 6.83. The molecule has 0 spiro atoms. The van der Waals surface area contributed by atoms with E-state index in [0.717, 1.165) is 31.0 Å². The lowest BCUT2D eigenvalue weighted by Crippen LogP contribution is -2.29. The van der Waals surface area contributed by atoms with E-state index >= 15 is 0 Å². The van der Waals surface area contributed by atoms with E-state index in [-0.39, 0.29) is 0 Å². The van der Waals surface area contributed by atoms with Gasteiger partial charge in [0.05, 0.1) is 12.3 Å². The Labute approximate surface area is 112 Å². The summed E-state index contributed by atoms with van der Waals surface area (Å²) >= 11 is 5.81. The molecule has 0 saturated heterocycles. The first kappa shape index (κ1) is 13.3. The quantitative estimate of drug-likeness (QED) is 0.719. The molecular weight excluding hydrogens is 250 g/mol. The zero-order valence-corrected chi connectivity index (χ0v) is 11.3. The van der Waals surface area contributed by atoms with Crippen molar-refractivity contribution >= 4 is 17.2 Å². The van der Waals surface area contributed by atoms with E-state index in [1.54, 1.807) is 7.11 Å². The Morgan fingerprint density at radius 2 is 2.28 bits per heavy atom. The van der Waals surface area contributed by atoms with Crippen molar-refractivity contribution in [3.05, 3.63) is 36.3 Å². The Balaban J connectivity index is 2.05. The third-order valence-electron chi connectivity index (χ3n) is 2.81. The fraction of sp³-hybridized carbons (Fsp3) is 0.462. The number of nitrogens with zero attached hydrogens (tertiary/aromatic N) is 3. The summed E-state index contributed by atoms with van der Waals surface area (Å²) in [5.41, 5.74) is 2.03. The summed E-state index contributed by atoms with van der Waals surface area (Å²) in [6, 6.07) is 6.00. The molecule has 0 saturated carbocycles. The van der Waals surface area contributed by atoms with Gasteiger partial charge in [-0.1, -0.05) is 6.07 Å². The fourth-order valence-corrected chi connectivity index (χ4v) is 2.14. The van der Waals surface area contributed by atoms with Crippen LogP contribution in [0.5, 0.6) is 0 Å². The molecule has 2 aromatic heterocycles. The van der Waals surface area contributed by atoms with Crippen LogP contribution < -0.4 is 0 Å². The zero-order chi connectivity index (χ0) is 12.8. The number of halogens is 1. The lowest BCUT2D eigenvalue weighted by atomic mass is 10.4. The molecule has 98 valence electrons. The van der Waals surface area contributed by atoms with Crippen molar-refractivity contribution in [2.24, 2.45) is 0 Å². The highest BCUT2D eigenvalue weighted by atomic mass is 35.5. The average Bonchev–Trinajstić information content (AvgIpc) is 2.78. The van der Waals surface area contributed by atoms with Crippen LogP contribution in [0.15, 0.2) is 30.6 Å². The molecule has 0 aliphatic rings. The molecule has 0 aliphatic heterocycles. The Bertz CT molecular complexity index is 453. The lowest BCUT2D eigenvalue weighted by molar-refractivity contribution is 0.147. The molecule has 0 aliphatic carbocycles. The van der Waals surface area contributed by atoms with Crippen molar-refractivity contribution in [3.8, 4) is 0 Å². The molecule has 0 atom stereocenters. The largest absolute Gasteiger partial charge is 0.383 e. The molecule has 0 unspecified atom stereocenters. The summed E-state index contributed by atoms with van der Waals surface area (Å²) in [5, 5.41) is 0. The van der Waals surface area contributed by atoms with Gasteiger partial charge in [-0.05, 0) is 12.1 Å². The monoisotopic (exact) mass is 267 g/mol. The van der Waals surface area contributed by atoms with E-state index in [2.05, 4.69) is 16.1 Å². The summed E-state index contributed by atoms with van der Waals surface area (Å²) in [7, 11) is 1.71. The van der Waals surface area contributed by atoms with Crippen molar-refractivity contribution in [1.82, 2.24) is 14.3 Å². The van der Waals surface area contributed by atoms with Gasteiger partial charge in [-0.3, -0.25) is 4.90 Å². The molecule has 0 N–H and O–H groups in total. The number of aromatic nitrogens is 2. The fourth-order valence-electron chi connectivity index (χ4n) is 1.90. The van der Waals surface area contributed by atoms with E-state index < -0.39 is 0 Å². The average molecular weight is 268 g/mol. The lowest BCUT2D eigenvalue weighted by Gasteiger charge is -2.19. The van der Waals surface area contributed by atoms with Gasteiger partial charge in [0.25, 0.3) is 0 Å². The minimum atomic E-state index is 0.622. The molecule has 4 nitrogen and oxygen atoms in total. The number of alkyl halides is 1. The number of pyridine rings is 1. The maximum absolute atomic E-state index is 5.81. The molecule has 18 heavy (non-hydrogen) atoms. The highest BCUT2D eigenvalue weighted by Crippen LogP contribution is 2.07. The van der Waals surface area contributed by atoms with Crippen LogP contribution in [-0.2, 0) is 11.3 Å². The molecule has 2 heterocycles. The summed E-state index contributed by atoms with van der Waals surface area (Å²) < 4.78 is 7.14. The Morgan fingerprint density at radius 1 is 1.39 bits per heavy atom. The van der Waals surface area contributed by atoms with E-state index in [1.165, 1.54) is 0 Å². The first-order valence-corrected chi connectivity index (χ1v) is 6.57. The molecule has 0 fully saturated rings. The Hall–Kier alpha value is -1.10. The second kappa shape index (κ2) is 6.73. The number of ether oxygens (including phenoxy) is 1. The maximum Gasteiger partial charge on any atom is 0.137 e. The highest BCUT2D eigenvalue weighted by Gasteiger charge is 2.08. The Morgan fingerprint density at radius 3 is 3.00 bits per heavy atom. The van der Waals surface area contributed by atoms with Crippen molar-refractivity contribution in [3.63, 3.8) is 0 Å². The third-order valence-corrected chi connectivity index (χ3v) is 2.98. The van der Waals surface area contributed by atoms with Crippen molar-refractivity contribution in [2.45, 2.75) is 6.54 Å². The van der Waals surface area contributed by atoms with Crippen LogP contribution in [0.25, 0.3) is 5.65 Å². The van der Waals surface area contributed by atoms with Crippen molar-refractivity contribution < 1.29 is 4.74 Å². The van der Waals surface area contributed by atoms with Crippen LogP contribution in [0.2, 0.25) is 0 Å². The van der Waals surface area contributed by atoms with Gasteiger partial charge in [0.1, 0.15) is 5.65 Å². The van der Waals surface area contributed by atoms with Crippen LogP contribution in [0, 0.1) is 0 Å². The van der Waals surface area contributed by atoms with Crippen LogP contribution in [0.1, 0.15) is 5.69 Å². The maximum atomic E-state index is 5.81. The van der Waals surface area contributed by atoms with Crippen molar-refractivity contribution in [2.75, 3.05) is 32.7 Å². The van der Waals surface area contributed by atoms with Gasteiger partial charge < -0.3 is 9.14 Å². The molecule has 2 rings (SSSR count). The number of rotatable bonds is 7. The molecule has 0 amide bonds. The van der Waals surface area contributed by atoms with Gasteiger partial charge in [0, 0.05) is 45.0 Å². The van der Waals surface area contributed by atoms with E-state index in [4.69, 9.17) is 16.3 Å². The number of imidazole rings is 1. The number of hydrogen-bond donors (Lipinski definition) is 0. The predicted octanol–water partition coefficient (Wildman–Crippen LogP) is 2.02. The second-order valence-corrected chi connectivity index (χ2v) is 4.53. The minimum Gasteiger partial charge on any atom is -0.383 e. The molecule has 0 bridgehead atoms. The topological polar surface area (TPSA) is 29.8 Å². The van der Waals surface area contributed by atoms with E-state index in [0.29, 0.717) is 12.5 Å². The van der Waals surface area contributed by atoms with Gasteiger partial charge in [-0.25, -0.2) is 4.98 Å². The SMILES string of the molecule is COCCN(CCCl)Cc1cn2ccccc2n1. The van der Waals surface area contributed by atoms with Crippen LogP contribution >= 0.6 is 11.6 Å². The number of hydrogen-bond acceptors (Lipinski definition) is 3. The molecule has 0 radical (unpaired) electrons. The van der Waals surface area contributed by atoms with E-state index in [9.17, 15) is 0 Å². The van der Waals surface area contributed by atoms with Crippen molar-refractivity contribution in [1.29, 1.82) is 0 Å². The first-order valence-electron chi connectivity index (χ1n) is 6.03. The third kappa shape index (κ3) is 3.45. The number of fused-ring (bicyclic) bond motifs is 1. The molecular formula is C13H18ClN3O. The number of methoxy groups -OCH3 is 1. The standard InChI is InChI=1S/C13H18ClN3O/c1-18-9-8-16(7-5-14)10-12-11-17-6-3-2-4-13(17)15-12/h2-4,6,11H,5,7-10H2,1H3. The van der Waals surface area contributed by atoms with E-state index in [1.807, 2.05) is 28.8 Å². The van der Waals surface area contributed by atoms with Crippen LogP contribution in [-0.4, -0.2) is 47.0 Å². The van der Waals surface area contributed by atoms with Gasteiger partial charge in [0.15, 0.2) is 0 Å². The van der Waals surface area contributed by atoms with Gasteiger partial charge >= 0.3 is 0 Å². The van der Waals surface area contributed by atoms with Crippen LogP contribution in [0.3, 0.4) is 0 Å². The molecule has 0 aromatic carbocycles. The molecule has 2 aromatic rings. The zero-order valence-electron chi connectivity index (χ0n) is 10.6. The second-order valence-electron chi connectivity index (χ2n) is 4.16. The Kier molecular flexibility index (Phi) is 4.99. The molecule has 5 heteroatoms. The van der Waals surface area contributed by atoms with Gasteiger partial charge in [0.2, 0.25) is 0 Å². The predicted molar refractivity (Wildman–Crippen MR) is 73.1 cm³/mol. The summed E-state index contributed by atoms with van der Waals surface area (Å²) in [6.07, 6.45) is 4.07. The van der Waals surface area contributed by atoms with Gasteiger partial charge in [-0.15, -0.1) is 11.6 Å². The summed E-state index contributed by atoms with van der Waals surface area (Å²) in [5.74, 6) is 0.622. The minimum absolute atomic E-state index is 0.622. The summed E-state index contributed by atoms with van der Waals surface area (Å²) in [6.45, 7) is 3.23.